The van der Waals surface area contributed by atoms with E-state index in [9.17, 15) is 0 Å². The van der Waals surface area contributed by atoms with Crippen molar-refractivity contribution in [2.24, 2.45) is 0 Å². The van der Waals surface area contributed by atoms with Crippen LogP contribution in [-0.2, 0) is 0 Å². The Kier molecular flexibility index (Phi) is 57.7. The molecule has 3 nitrogen and oxygen atoms in total. The third-order valence-electron chi connectivity index (χ3n) is 0. The van der Waals surface area contributed by atoms with Crippen LogP contribution in [0.1, 0.15) is 0 Å². The molecule has 0 saturated carbocycles. The SMILES string of the molecule is [K+].[K+].[K+].[O-][Sb]([O-])[O-]. The number of hydrogen-bond acceptors (Lipinski definition) is 3. The van der Waals surface area contributed by atoms with Crippen molar-refractivity contribution < 1.29 is 164 Å². The first kappa shape index (κ1) is 22.9. The quantitative estimate of drug-likeness (QED) is 0.415. The van der Waals surface area contributed by atoms with Gasteiger partial charge < -0.3 is 0 Å². The summed E-state index contributed by atoms with van der Waals surface area (Å²) >= 11 is -4.20. The van der Waals surface area contributed by atoms with Crippen LogP contribution >= 0.6 is 0 Å². The molecule has 0 amide bonds. The molecule has 0 rings (SSSR count). The van der Waals surface area contributed by atoms with Crippen molar-refractivity contribution in [3.05, 3.63) is 0 Å². The molecule has 0 fully saturated rings. The van der Waals surface area contributed by atoms with Crippen LogP contribution in [0.4, 0.5) is 0 Å². The van der Waals surface area contributed by atoms with Gasteiger partial charge in [0, 0.05) is 0 Å². The molecule has 0 aromatic rings. The first-order valence-corrected chi connectivity index (χ1v) is 3.67. The van der Waals surface area contributed by atoms with Crippen molar-refractivity contribution in [2.45, 2.75) is 0 Å². The summed E-state index contributed by atoms with van der Waals surface area (Å²) in [6.07, 6.45) is 0. The summed E-state index contributed by atoms with van der Waals surface area (Å²) in [7, 11) is 0. The zero-order valence-electron chi connectivity index (χ0n) is 4.67. The zero-order valence-corrected chi connectivity index (χ0v) is 16.6. The summed E-state index contributed by atoms with van der Waals surface area (Å²) in [4.78, 5) is 0. The second-order valence-electron chi connectivity index (χ2n) is 0.224. The van der Waals surface area contributed by atoms with Crippen LogP contribution in [0.2, 0.25) is 0 Å². The Labute approximate surface area is 179 Å². The maximum absolute atomic E-state index is 8.60. The summed E-state index contributed by atoms with van der Waals surface area (Å²) in [5.41, 5.74) is 0. The van der Waals surface area contributed by atoms with E-state index in [1.807, 2.05) is 0 Å². The molecule has 0 aromatic carbocycles. The van der Waals surface area contributed by atoms with E-state index in [4.69, 9.17) is 10.2 Å². The Morgan fingerprint density at radius 3 is 0.714 bits per heavy atom. The molecule has 0 atom stereocenters. The fraction of sp³-hybridized carbons (Fsp3) is 0. The van der Waals surface area contributed by atoms with Crippen molar-refractivity contribution in [1.82, 2.24) is 0 Å². The van der Waals surface area contributed by atoms with Gasteiger partial charge in [-0.25, -0.2) is 0 Å². The third-order valence-corrected chi connectivity index (χ3v) is 0. The summed E-state index contributed by atoms with van der Waals surface area (Å²) in [6.45, 7) is 0. The van der Waals surface area contributed by atoms with E-state index in [0.29, 0.717) is 0 Å². The minimum atomic E-state index is -4.20. The van der Waals surface area contributed by atoms with Crippen LogP contribution in [0.3, 0.4) is 0 Å². The number of rotatable bonds is 0. The monoisotopic (exact) mass is 286 g/mol. The van der Waals surface area contributed by atoms with Crippen LogP contribution in [0.25, 0.3) is 0 Å². The molecule has 0 aliphatic rings. The summed E-state index contributed by atoms with van der Waals surface area (Å²) in [5, 5.41) is 0. The molecule has 0 heterocycles. The summed E-state index contributed by atoms with van der Waals surface area (Å²) in [5.74, 6) is 0. The van der Waals surface area contributed by atoms with Crippen molar-refractivity contribution in [3.63, 3.8) is 0 Å². The van der Waals surface area contributed by atoms with Crippen LogP contribution in [0, 0.1) is 0 Å². The van der Waals surface area contributed by atoms with E-state index in [0.717, 1.165) is 0 Å². The second-order valence-corrected chi connectivity index (χ2v) is 1.50. The van der Waals surface area contributed by atoms with Gasteiger partial charge in [0.1, 0.15) is 0 Å². The van der Waals surface area contributed by atoms with Gasteiger partial charge in [-0.1, -0.05) is 0 Å². The molecule has 0 bridgehead atoms. The average molecular weight is 287 g/mol. The van der Waals surface area contributed by atoms with Crippen molar-refractivity contribution in [1.29, 1.82) is 0 Å². The Bertz CT molecular complexity index is 14.9. The maximum atomic E-state index is 8.60. The second kappa shape index (κ2) is 17.6. The van der Waals surface area contributed by atoms with Gasteiger partial charge >= 0.3 is 186 Å². The molecule has 0 radical (unpaired) electrons. The first-order chi connectivity index (χ1) is 1.73. The van der Waals surface area contributed by atoms with Crippen LogP contribution < -0.4 is 164 Å². The molecular formula is K3O3Sb. The molecule has 0 saturated heterocycles. The zero-order chi connectivity index (χ0) is 3.58. The van der Waals surface area contributed by atoms with Gasteiger partial charge in [-0.05, 0) is 0 Å². The Hall–Kier alpha value is 5.61. The van der Waals surface area contributed by atoms with E-state index in [1.54, 1.807) is 0 Å². The van der Waals surface area contributed by atoms with Gasteiger partial charge in [0.05, 0.1) is 0 Å². The average Bonchev–Trinajstić information content (AvgIpc) is 0.811. The Morgan fingerprint density at radius 1 is 0.714 bits per heavy atom. The van der Waals surface area contributed by atoms with Gasteiger partial charge in [-0.2, -0.15) is 0 Å². The summed E-state index contributed by atoms with van der Waals surface area (Å²) < 4.78 is 25.8. The molecule has 7 heavy (non-hydrogen) atoms. The van der Waals surface area contributed by atoms with Gasteiger partial charge in [-0.15, -0.1) is 0 Å². The third kappa shape index (κ3) is 34.1. The molecule has 7 heteroatoms. The van der Waals surface area contributed by atoms with E-state index < -0.39 is 21.5 Å². The van der Waals surface area contributed by atoms with Crippen molar-refractivity contribution in [3.8, 4) is 0 Å². The molecule has 26 valence electrons. The Balaban J connectivity index is -0.0000000150. The first-order valence-electron chi connectivity index (χ1n) is 0.548. The van der Waals surface area contributed by atoms with Crippen LogP contribution in [-0.4, -0.2) is 21.5 Å². The minimum absolute atomic E-state index is 0. The molecule has 0 unspecified atom stereocenters. The number of hydrogen-bond donors (Lipinski definition) is 0. The normalized spacial score (nSPS) is 5.14. The van der Waals surface area contributed by atoms with E-state index in [1.165, 1.54) is 0 Å². The fourth-order valence-corrected chi connectivity index (χ4v) is 0. The van der Waals surface area contributed by atoms with E-state index in [2.05, 4.69) is 0 Å². The van der Waals surface area contributed by atoms with Gasteiger partial charge in [0.2, 0.25) is 0 Å². The van der Waals surface area contributed by atoms with Gasteiger partial charge in [-0.3, -0.25) is 0 Å². The van der Waals surface area contributed by atoms with Crippen LogP contribution in [0.5, 0.6) is 0 Å². The van der Waals surface area contributed by atoms with Crippen molar-refractivity contribution in [2.75, 3.05) is 0 Å². The standard InChI is InChI=1S/3K.3O.Sb/q3*+1;3*-1;. The van der Waals surface area contributed by atoms with Gasteiger partial charge in [0.25, 0.3) is 0 Å². The predicted molar refractivity (Wildman–Crippen MR) is 5.75 cm³/mol. The Morgan fingerprint density at radius 2 is 0.714 bits per heavy atom. The van der Waals surface area contributed by atoms with Crippen LogP contribution in [0.15, 0.2) is 0 Å². The molecule has 0 aliphatic heterocycles. The predicted octanol–water partition coefficient (Wildman–Crippen LogP) is -12.9. The fourth-order valence-electron chi connectivity index (χ4n) is 0. The molecule has 0 N–H and O–H groups in total. The van der Waals surface area contributed by atoms with Crippen molar-refractivity contribution >= 4 is 21.5 Å². The molecule has 0 spiro atoms. The van der Waals surface area contributed by atoms with E-state index >= 15 is 0 Å². The van der Waals surface area contributed by atoms with E-state index in [-0.39, 0.29) is 154 Å². The topological polar surface area (TPSA) is 69.2 Å². The molecule has 0 aromatic heterocycles. The van der Waals surface area contributed by atoms with Gasteiger partial charge in [0.15, 0.2) is 0 Å². The summed E-state index contributed by atoms with van der Waals surface area (Å²) in [6, 6.07) is 0. The molecular weight excluding hydrogens is 287 g/mol. The molecule has 0 aliphatic carbocycles.